The third kappa shape index (κ3) is 4.25. The molecule has 0 saturated heterocycles. The number of carbonyl (C=O) groups is 2. The van der Waals surface area contributed by atoms with Gasteiger partial charge in [-0.15, -0.1) is 0 Å². The number of carbonyl (C=O) groups excluding carboxylic acids is 2. The predicted molar refractivity (Wildman–Crippen MR) is 115 cm³/mol. The van der Waals surface area contributed by atoms with Crippen LogP contribution in [-0.4, -0.2) is 17.9 Å². The second kappa shape index (κ2) is 7.97. The number of halogens is 1. The second-order valence-corrected chi connectivity index (χ2v) is 7.55. The Bertz CT molecular complexity index is 1070. The number of nitrogens with two attached hydrogens (primary N) is 1. The van der Waals surface area contributed by atoms with Crippen molar-refractivity contribution in [3.05, 3.63) is 94.0 Å². The molecule has 2 amide bonds. The number of nitrogens with one attached hydrogen (secondary N) is 2. The quantitative estimate of drug-likeness (QED) is 0.572. The van der Waals surface area contributed by atoms with E-state index in [9.17, 15) is 9.59 Å². The maximum absolute atomic E-state index is 13.0. The summed E-state index contributed by atoms with van der Waals surface area (Å²) in [7, 11) is 0. The molecule has 1 aliphatic carbocycles. The lowest BCUT2D eigenvalue weighted by molar-refractivity contribution is 0.0939. The van der Waals surface area contributed by atoms with Gasteiger partial charge in [0, 0.05) is 22.3 Å². The SMILES string of the molecule is Nc1cccc(C(=O)Nc2ccc(Cl)cc2C(=O)NC2Cc3ccccc3C2)c1. The van der Waals surface area contributed by atoms with E-state index in [2.05, 4.69) is 22.8 Å². The molecule has 146 valence electrons. The molecule has 29 heavy (non-hydrogen) atoms. The van der Waals surface area contributed by atoms with E-state index in [0.29, 0.717) is 27.5 Å². The van der Waals surface area contributed by atoms with Gasteiger partial charge < -0.3 is 16.4 Å². The number of hydrogen-bond acceptors (Lipinski definition) is 3. The highest BCUT2D eigenvalue weighted by Crippen LogP contribution is 2.25. The molecule has 0 aliphatic heterocycles. The molecule has 0 radical (unpaired) electrons. The number of amides is 2. The van der Waals surface area contributed by atoms with Crippen LogP contribution in [0.25, 0.3) is 0 Å². The van der Waals surface area contributed by atoms with Crippen molar-refractivity contribution in [2.45, 2.75) is 18.9 Å². The number of nitrogen functional groups attached to an aromatic ring is 1. The largest absolute Gasteiger partial charge is 0.399 e. The Morgan fingerprint density at radius 1 is 0.897 bits per heavy atom. The van der Waals surface area contributed by atoms with Crippen molar-refractivity contribution in [3.8, 4) is 0 Å². The van der Waals surface area contributed by atoms with E-state index in [4.69, 9.17) is 17.3 Å². The van der Waals surface area contributed by atoms with Gasteiger partial charge in [-0.2, -0.15) is 0 Å². The Morgan fingerprint density at radius 3 is 2.31 bits per heavy atom. The van der Waals surface area contributed by atoms with Crippen LogP contribution in [0.3, 0.4) is 0 Å². The number of hydrogen-bond donors (Lipinski definition) is 3. The zero-order valence-corrected chi connectivity index (χ0v) is 16.4. The average molecular weight is 406 g/mol. The topological polar surface area (TPSA) is 84.2 Å². The van der Waals surface area contributed by atoms with Crippen LogP contribution in [0.1, 0.15) is 31.8 Å². The van der Waals surface area contributed by atoms with Gasteiger partial charge in [-0.05, 0) is 60.4 Å². The maximum atomic E-state index is 13.0. The highest BCUT2D eigenvalue weighted by molar-refractivity contribution is 6.31. The third-order valence-corrected chi connectivity index (χ3v) is 5.24. The summed E-state index contributed by atoms with van der Waals surface area (Å²) in [5, 5.41) is 6.28. The molecule has 0 atom stereocenters. The standard InChI is InChI=1S/C23H20ClN3O2/c24-17-8-9-21(27-22(28)16-6-3-7-18(25)10-16)20(13-17)23(29)26-19-11-14-4-1-2-5-15(14)12-19/h1-10,13,19H,11-12,25H2,(H,26,29)(H,27,28). The van der Waals surface area contributed by atoms with Crippen molar-refractivity contribution < 1.29 is 9.59 Å². The molecule has 4 rings (SSSR count). The third-order valence-electron chi connectivity index (χ3n) is 5.01. The maximum Gasteiger partial charge on any atom is 0.255 e. The minimum Gasteiger partial charge on any atom is -0.399 e. The van der Waals surface area contributed by atoms with Crippen molar-refractivity contribution in [2.24, 2.45) is 0 Å². The molecule has 1 aliphatic rings. The summed E-state index contributed by atoms with van der Waals surface area (Å²) in [5.41, 5.74) is 9.88. The summed E-state index contributed by atoms with van der Waals surface area (Å²) in [5.74, 6) is -0.616. The first-order valence-electron chi connectivity index (χ1n) is 9.33. The predicted octanol–water partition coefficient (Wildman–Crippen LogP) is 4.07. The van der Waals surface area contributed by atoms with Crippen molar-refractivity contribution >= 4 is 34.8 Å². The Hall–Kier alpha value is -3.31. The monoisotopic (exact) mass is 405 g/mol. The molecule has 0 aromatic heterocycles. The van der Waals surface area contributed by atoms with Crippen LogP contribution < -0.4 is 16.4 Å². The minimum atomic E-state index is -0.345. The van der Waals surface area contributed by atoms with Gasteiger partial charge in [0.2, 0.25) is 0 Å². The van der Waals surface area contributed by atoms with Gasteiger partial charge in [-0.1, -0.05) is 41.9 Å². The van der Waals surface area contributed by atoms with Crippen LogP contribution in [0.15, 0.2) is 66.7 Å². The van der Waals surface area contributed by atoms with Gasteiger partial charge >= 0.3 is 0 Å². The van der Waals surface area contributed by atoms with Gasteiger partial charge in [0.25, 0.3) is 11.8 Å². The van der Waals surface area contributed by atoms with Crippen molar-refractivity contribution in [3.63, 3.8) is 0 Å². The Kier molecular flexibility index (Phi) is 5.23. The van der Waals surface area contributed by atoms with E-state index in [-0.39, 0.29) is 17.9 Å². The molecular weight excluding hydrogens is 386 g/mol. The smallest absolute Gasteiger partial charge is 0.255 e. The number of benzene rings is 3. The highest BCUT2D eigenvalue weighted by Gasteiger charge is 2.24. The average Bonchev–Trinajstić information content (AvgIpc) is 3.11. The first-order chi connectivity index (χ1) is 14.0. The fraction of sp³-hybridized carbons (Fsp3) is 0.130. The molecule has 0 saturated carbocycles. The molecule has 0 heterocycles. The summed E-state index contributed by atoms with van der Waals surface area (Å²) >= 11 is 6.12. The molecule has 3 aromatic carbocycles. The second-order valence-electron chi connectivity index (χ2n) is 7.12. The van der Waals surface area contributed by atoms with E-state index >= 15 is 0 Å². The molecular formula is C23H20ClN3O2. The minimum absolute atomic E-state index is 0.0105. The van der Waals surface area contributed by atoms with Gasteiger partial charge in [-0.3, -0.25) is 9.59 Å². The fourth-order valence-electron chi connectivity index (χ4n) is 3.61. The van der Waals surface area contributed by atoms with E-state index in [1.807, 2.05) is 12.1 Å². The summed E-state index contributed by atoms with van der Waals surface area (Å²) in [6.07, 6.45) is 1.57. The number of anilines is 2. The van der Waals surface area contributed by atoms with E-state index in [1.165, 1.54) is 11.1 Å². The van der Waals surface area contributed by atoms with Crippen molar-refractivity contribution in [2.75, 3.05) is 11.1 Å². The van der Waals surface area contributed by atoms with E-state index < -0.39 is 0 Å². The molecule has 6 heteroatoms. The first-order valence-corrected chi connectivity index (χ1v) is 9.71. The Balaban J connectivity index is 1.52. The molecule has 0 spiro atoms. The van der Waals surface area contributed by atoms with Crippen molar-refractivity contribution in [1.82, 2.24) is 5.32 Å². The van der Waals surface area contributed by atoms with Crippen LogP contribution >= 0.6 is 11.6 Å². The summed E-state index contributed by atoms with van der Waals surface area (Å²) in [6.45, 7) is 0. The van der Waals surface area contributed by atoms with Gasteiger partial charge in [-0.25, -0.2) is 0 Å². The molecule has 5 nitrogen and oxygen atoms in total. The zero-order chi connectivity index (χ0) is 20.4. The normalized spacial score (nSPS) is 13.0. The Morgan fingerprint density at radius 2 is 1.62 bits per heavy atom. The number of fused-ring (bicyclic) bond motifs is 1. The lowest BCUT2D eigenvalue weighted by atomic mass is 10.1. The van der Waals surface area contributed by atoms with Gasteiger partial charge in [0.1, 0.15) is 0 Å². The van der Waals surface area contributed by atoms with Crippen LogP contribution in [0.4, 0.5) is 11.4 Å². The lowest BCUT2D eigenvalue weighted by Gasteiger charge is -2.15. The van der Waals surface area contributed by atoms with Crippen LogP contribution in [-0.2, 0) is 12.8 Å². The summed E-state index contributed by atoms with van der Waals surface area (Å²) in [6, 6.07) is 19.7. The zero-order valence-electron chi connectivity index (χ0n) is 15.6. The van der Waals surface area contributed by atoms with E-state index in [1.54, 1.807) is 42.5 Å². The number of rotatable bonds is 4. The Labute approximate surface area is 173 Å². The van der Waals surface area contributed by atoms with Crippen LogP contribution in [0, 0.1) is 0 Å². The first kappa shape index (κ1) is 19.0. The van der Waals surface area contributed by atoms with Crippen molar-refractivity contribution in [1.29, 1.82) is 0 Å². The van der Waals surface area contributed by atoms with Crippen LogP contribution in [0.5, 0.6) is 0 Å². The van der Waals surface area contributed by atoms with E-state index in [0.717, 1.165) is 12.8 Å². The van der Waals surface area contributed by atoms with Crippen LogP contribution in [0.2, 0.25) is 5.02 Å². The molecule has 0 fully saturated rings. The van der Waals surface area contributed by atoms with Gasteiger partial charge in [0.15, 0.2) is 0 Å². The van der Waals surface area contributed by atoms with Gasteiger partial charge in [0.05, 0.1) is 11.3 Å². The highest BCUT2D eigenvalue weighted by atomic mass is 35.5. The summed E-state index contributed by atoms with van der Waals surface area (Å²) in [4.78, 5) is 25.5. The molecule has 0 unspecified atom stereocenters. The molecule has 4 N–H and O–H groups in total. The molecule has 0 bridgehead atoms. The summed E-state index contributed by atoms with van der Waals surface area (Å²) < 4.78 is 0. The molecule has 3 aromatic rings. The lowest BCUT2D eigenvalue weighted by Crippen LogP contribution is -2.35. The fourth-order valence-corrected chi connectivity index (χ4v) is 3.78.